The van der Waals surface area contributed by atoms with E-state index in [0.29, 0.717) is 12.1 Å². The first-order valence-electron chi connectivity index (χ1n) is 7.41. The fraction of sp³-hybridized carbons (Fsp3) is 1.00. The molecule has 0 saturated carbocycles. The highest BCUT2D eigenvalue weighted by molar-refractivity contribution is 4.95. The van der Waals surface area contributed by atoms with Gasteiger partial charge in [0.1, 0.15) is 0 Å². The lowest BCUT2D eigenvalue weighted by atomic mass is 9.89. The van der Waals surface area contributed by atoms with E-state index in [9.17, 15) is 0 Å². The first kappa shape index (κ1) is 15.9. The summed E-state index contributed by atoms with van der Waals surface area (Å²) in [6.45, 7) is 14.7. The van der Waals surface area contributed by atoms with Gasteiger partial charge in [0.15, 0.2) is 0 Å². The largest absolute Gasteiger partial charge is 0.385 e. The predicted molar refractivity (Wildman–Crippen MR) is 78.0 cm³/mol. The Kier molecular flexibility index (Phi) is 6.09. The van der Waals surface area contributed by atoms with Crippen LogP contribution < -0.4 is 5.32 Å². The number of nitrogens with one attached hydrogen (secondary N) is 1. The average Bonchev–Trinajstić information content (AvgIpc) is 2.34. The molecule has 1 saturated heterocycles. The minimum atomic E-state index is 0.227. The van der Waals surface area contributed by atoms with Gasteiger partial charge < -0.3 is 10.1 Å². The second-order valence-electron chi connectivity index (χ2n) is 6.52. The van der Waals surface area contributed by atoms with Gasteiger partial charge in [-0.1, -0.05) is 20.3 Å². The molecule has 1 N–H and O–H groups in total. The average molecular weight is 256 g/mol. The molecule has 3 heteroatoms. The van der Waals surface area contributed by atoms with Gasteiger partial charge in [-0.15, -0.1) is 0 Å². The molecule has 0 bridgehead atoms. The van der Waals surface area contributed by atoms with Gasteiger partial charge in [-0.25, -0.2) is 0 Å². The van der Waals surface area contributed by atoms with Crippen molar-refractivity contribution in [1.29, 1.82) is 0 Å². The molecule has 18 heavy (non-hydrogen) atoms. The number of methoxy groups -OCH3 is 1. The van der Waals surface area contributed by atoms with Gasteiger partial charge >= 0.3 is 0 Å². The van der Waals surface area contributed by atoms with Gasteiger partial charge in [0, 0.05) is 44.4 Å². The third-order valence-corrected chi connectivity index (χ3v) is 4.40. The van der Waals surface area contributed by atoms with E-state index < -0.39 is 0 Å². The lowest BCUT2D eigenvalue weighted by Crippen LogP contribution is -2.65. The summed E-state index contributed by atoms with van der Waals surface area (Å²) in [6.07, 6.45) is 2.37. The van der Waals surface area contributed by atoms with Crippen molar-refractivity contribution in [2.45, 2.75) is 65.1 Å². The number of hydrogen-bond acceptors (Lipinski definition) is 3. The van der Waals surface area contributed by atoms with E-state index in [1.54, 1.807) is 7.11 Å². The van der Waals surface area contributed by atoms with Gasteiger partial charge in [-0.2, -0.15) is 0 Å². The van der Waals surface area contributed by atoms with Crippen LogP contribution in [-0.2, 0) is 4.74 Å². The van der Waals surface area contributed by atoms with Gasteiger partial charge in [0.25, 0.3) is 0 Å². The molecule has 1 aliphatic heterocycles. The molecule has 0 aliphatic carbocycles. The molecule has 1 aliphatic rings. The van der Waals surface area contributed by atoms with Gasteiger partial charge in [-0.3, -0.25) is 4.90 Å². The van der Waals surface area contributed by atoms with Gasteiger partial charge in [0.05, 0.1) is 0 Å². The Balaban J connectivity index is 2.70. The number of piperazine rings is 1. The van der Waals surface area contributed by atoms with Crippen LogP contribution in [0.5, 0.6) is 0 Å². The van der Waals surface area contributed by atoms with E-state index in [1.165, 1.54) is 6.42 Å². The standard InChI is InChI=1S/C15H32N2O/c1-7-12(2)14-10-16-15(4,5)11-17(14)13(3)8-9-18-6/h12-14,16H,7-11H2,1-6H3. The lowest BCUT2D eigenvalue weighted by Gasteiger charge is -2.49. The predicted octanol–water partition coefficient (Wildman–Crippen LogP) is 2.51. The van der Waals surface area contributed by atoms with Crippen LogP contribution in [0, 0.1) is 5.92 Å². The van der Waals surface area contributed by atoms with E-state index in [-0.39, 0.29) is 5.54 Å². The van der Waals surface area contributed by atoms with Crippen LogP contribution >= 0.6 is 0 Å². The van der Waals surface area contributed by atoms with E-state index in [1.807, 2.05) is 0 Å². The van der Waals surface area contributed by atoms with Crippen LogP contribution in [0.4, 0.5) is 0 Å². The Morgan fingerprint density at radius 3 is 2.61 bits per heavy atom. The van der Waals surface area contributed by atoms with Crippen molar-refractivity contribution in [1.82, 2.24) is 10.2 Å². The van der Waals surface area contributed by atoms with E-state index in [4.69, 9.17) is 4.74 Å². The Morgan fingerprint density at radius 2 is 2.06 bits per heavy atom. The molecule has 0 aromatic heterocycles. The molecular weight excluding hydrogens is 224 g/mol. The second kappa shape index (κ2) is 6.88. The van der Waals surface area contributed by atoms with Crippen LogP contribution in [0.2, 0.25) is 0 Å². The zero-order valence-electron chi connectivity index (χ0n) is 13.1. The first-order valence-corrected chi connectivity index (χ1v) is 7.41. The molecular formula is C15H32N2O. The molecule has 0 amide bonds. The zero-order valence-corrected chi connectivity index (χ0v) is 13.1. The van der Waals surface area contributed by atoms with Crippen molar-refractivity contribution in [3.63, 3.8) is 0 Å². The molecule has 3 nitrogen and oxygen atoms in total. The monoisotopic (exact) mass is 256 g/mol. The highest BCUT2D eigenvalue weighted by Gasteiger charge is 2.36. The van der Waals surface area contributed by atoms with Crippen molar-refractivity contribution in [3.8, 4) is 0 Å². The third-order valence-electron chi connectivity index (χ3n) is 4.40. The Bertz CT molecular complexity index is 243. The van der Waals surface area contributed by atoms with Crippen molar-refractivity contribution in [2.75, 3.05) is 26.8 Å². The Hall–Kier alpha value is -0.120. The third kappa shape index (κ3) is 4.22. The molecule has 3 unspecified atom stereocenters. The van der Waals surface area contributed by atoms with Crippen molar-refractivity contribution in [3.05, 3.63) is 0 Å². The summed E-state index contributed by atoms with van der Waals surface area (Å²) in [5, 5.41) is 3.69. The summed E-state index contributed by atoms with van der Waals surface area (Å²) in [7, 11) is 1.79. The molecule has 1 rings (SSSR count). The smallest absolute Gasteiger partial charge is 0.0477 e. The maximum Gasteiger partial charge on any atom is 0.0477 e. The summed E-state index contributed by atoms with van der Waals surface area (Å²) < 4.78 is 5.24. The molecule has 0 aromatic carbocycles. The SMILES string of the molecule is CCC(C)C1CNC(C)(C)CN1C(C)CCOC. The second-order valence-corrected chi connectivity index (χ2v) is 6.52. The number of hydrogen-bond donors (Lipinski definition) is 1. The van der Waals surface area contributed by atoms with Crippen molar-refractivity contribution >= 4 is 0 Å². The molecule has 1 fully saturated rings. The summed E-state index contributed by atoms with van der Waals surface area (Å²) in [5.74, 6) is 0.749. The van der Waals surface area contributed by atoms with Crippen LogP contribution in [0.15, 0.2) is 0 Å². The maximum absolute atomic E-state index is 5.24. The molecule has 3 atom stereocenters. The molecule has 1 heterocycles. The summed E-state index contributed by atoms with van der Waals surface area (Å²) >= 11 is 0. The fourth-order valence-electron chi connectivity index (χ4n) is 2.86. The lowest BCUT2D eigenvalue weighted by molar-refractivity contribution is 0.0215. The maximum atomic E-state index is 5.24. The number of nitrogens with zero attached hydrogens (tertiary/aromatic N) is 1. The van der Waals surface area contributed by atoms with E-state index >= 15 is 0 Å². The minimum Gasteiger partial charge on any atom is -0.385 e. The van der Waals surface area contributed by atoms with E-state index in [2.05, 4.69) is 44.8 Å². The summed E-state index contributed by atoms with van der Waals surface area (Å²) in [5.41, 5.74) is 0.227. The highest BCUT2D eigenvalue weighted by atomic mass is 16.5. The van der Waals surface area contributed by atoms with Crippen LogP contribution in [0.1, 0.15) is 47.5 Å². The van der Waals surface area contributed by atoms with Gasteiger partial charge in [0.2, 0.25) is 0 Å². The zero-order chi connectivity index (χ0) is 13.8. The topological polar surface area (TPSA) is 24.5 Å². The summed E-state index contributed by atoms with van der Waals surface area (Å²) in [6, 6.07) is 1.26. The molecule has 0 spiro atoms. The molecule has 0 aromatic rings. The first-order chi connectivity index (χ1) is 8.41. The highest BCUT2D eigenvalue weighted by Crippen LogP contribution is 2.25. The minimum absolute atomic E-state index is 0.227. The Labute approximate surface area is 113 Å². The quantitative estimate of drug-likeness (QED) is 0.790. The molecule has 108 valence electrons. The number of rotatable bonds is 6. The van der Waals surface area contributed by atoms with E-state index in [0.717, 1.165) is 32.0 Å². The number of ether oxygens (including phenoxy) is 1. The van der Waals surface area contributed by atoms with Crippen LogP contribution in [0.25, 0.3) is 0 Å². The normalized spacial score (nSPS) is 28.0. The molecule has 0 radical (unpaired) electrons. The van der Waals surface area contributed by atoms with Crippen LogP contribution in [-0.4, -0.2) is 49.3 Å². The summed E-state index contributed by atoms with van der Waals surface area (Å²) in [4.78, 5) is 2.70. The fourth-order valence-corrected chi connectivity index (χ4v) is 2.86. The van der Waals surface area contributed by atoms with Crippen molar-refractivity contribution < 1.29 is 4.74 Å². The van der Waals surface area contributed by atoms with Gasteiger partial charge in [-0.05, 0) is 33.1 Å². The Morgan fingerprint density at radius 1 is 1.39 bits per heavy atom. The van der Waals surface area contributed by atoms with Crippen LogP contribution in [0.3, 0.4) is 0 Å². The van der Waals surface area contributed by atoms with Crippen molar-refractivity contribution in [2.24, 2.45) is 5.92 Å².